The number of aromatic carboxylic acids is 1. The largest absolute Gasteiger partial charge is 0.478 e. The normalized spacial score (nSPS) is 25.5. The highest BCUT2D eigenvalue weighted by molar-refractivity contribution is 5.94. The molecule has 0 spiro atoms. The molecule has 2 aliphatic rings. The van der Waals surface area contributed by atoms with Gasteiger partial charge in [0.25, 0.3) is 5.91 Å². The minimum absolute atomic E-state index is 0.0594. The van der Waals surface area contributed by atoms with E-state index in [1.54, 1.807) is 35.9 Å². The first-order chi connectivity index (χ1) is 12.8. The molecular weight excluding hydrogens is 346 g/mol. The number of ether oxygens (including phenoxy) is 1. The second-order valence-electron chi connectivity index (χ2n) is 7.92. The molecule has 2 aromatic rings. The number of aromatic nitrogens is 2. The number of carbonyl (C=O) groups is 2. The van der Waals surface area contributed by atoms with Crippen LogP contribution in [0.5, 0.6) is 0 Å². The Hall–Kier alpha value is -2.67. The summed E-state index contributed by atoms with van der Waals surface area (Å²) >= 11 is 0. The van der Waals surface area contributed by atoms with Crippen LogP contribution in [0.3, 0.4) is 0 Å². The number of carboxylic acids is 1. The van der Waals surface area contributed by atoms with Crippen molar-refractivity contribution in [2.75, 3.05) is 6.61 Å². The summed E-state index contributed by atoms with van der Waals surface area (Å²) in [5.74, 6) is -0.718. The van der Waals surface area contributed by atoms with Crippen LogP contribution >= 0.6 is 0 Å². The van der Waals surface area contributed by atoms with E-state index in [1.807, 2.05) is 0 Å². The van der Waals surface area contributed by atoms with Crippen molar-refractivity contribution in [1.82, 2.24) is 15.1 Å². The number of nitrogens with one attached hydrogen (secondary N) is 1. The van der Waals surface area contributed by atoms with E-state index in [1.165, 1.54) is 6.20 Å². The average Bonchev–Trinajstić information content (AvgIpc) is 3.25. The summed E-state index contributed by atoms with van der Waals surface area (Å²) in [6, 6.07) is 7.13. The Morgan fingerprint density at radius 3 is 2.63 bits per heavy atom. The number of carbonyl (C=O) groups excluding carboxylic acids is 1. The van der Waals surface area contributed by atoms with Crippen LogP contribution in [0.25, 0.3) is 5.69 Å². The lowest BCUT2D eigenvalue weighted by Crippen LogP contribution is -2.66. The number of benzene rings is 1. The first-order valence-electron chi connectivity index (χ1n) is 9.11. The highest BCUT2D eigenvalue weighted by Crippen LogP contribution is 2.52. The standard InChI is InChI=1S/C20H23N3O4/c1-11-15(19(25)26)10-21-23(11)13-6-4-12(5-7-13)18(24)22-16-14-8-9-27-17(14)20(16,2)3/h4-7,10,14,16-17H,8-9H2,1-3H3,(H,22,24)(H,25,26)/t14-,16+,17-/m0/s1. The molecule has 1 saturated carbocycles. The van der Waals surface area contributed by atoms with Crippen LogP contribution in [0.15, 0.2) is 30.5 Å². The van der Waals surface area contributed by atoms with Crippen LogP contribution in [0.2, 0.25) is 0 Å². The second-order valence-corrected chi connectivity index (χ2v) is 7.92. The zero-order valence-electron chi connectivity index (χ0n) is 15.6. The average molecular weight is 369 g/mol. The lowest BCUT2D eigenvalue weighted by atomic mass is 9.57. The van der Waals surface area contributed by atoms with Crippen molar-refractivity contribution >= 4 is 11.9 Å². The predicted molar refractivity (Wildman–Crippen MR) is 98.1 cm³/mol. The van der Waals surface area contributed by atoms with Crippen molar-refractivity contribution in [1.29, 1.82) is 0 Å². The fraction of sp³-hybridized carbons (Fsp3) is 0.450. The van der Waals surface area contributed by atoms with Gasteiger partial charge in [-0.15, -0.1) is 0 Å². The summed E-state index contributed by atoms with van der Waals surface area (Å²) in [6.45, 7) is 6.74. The van der Waals surface area contributed by atoms with E-state index in [0.29, 0.717) is 22.9 Å². The minimum atomic E-state index is -1.01. The monoisotopic (exact) mass is 369 g/mol. The molecule has 0 bridgehead atoms. The van der Waals surface area contributed by atoms with Crippen LogP contribution in [0.1, 0.15) is 46.7 Å². The van der Waals surface area contributed by atoms with Crippen LogP contribution in [0.4, 0.5) is 0 Å². The third-order valence-electron chi connectivity index (χ3n) is 6.00. The van der Waals surface area contributed by atoms with Crippen molar-refractivity contribution in [2.45, 2.75) is 39.3 Å². The van der Waals surface area contributed by atoms with E-state index in [0.717, 1.165) is 13.0 Å². The Morgan fingerprint density at radius 2 is 2.00 bits per heavy atom. The molecule has 3 atom stereocenters. The van der Waals surface area contributed by atoms with Gasteiger partial charge in [0, 0.05) is 29.5 Å². The van der Waals surface area contributed by atoms with Gasteiger partial charge in [-0.25, -0.2) is 9.48 Å². The van der Waals surface area contributed by atoms with Crippen LogP contribution in [0, 0.1) is 18.3 Å². The molecule has 1 amide bonds. The summed E-state index contributed by atoms with van der Waals surface area (Å²) < 4.78 is 7.33. The lowest BCUT2D eigenvalue weighted by Gasteiger charge is -2.54. The Balaban J connectivity index is 1.49. The first-order valence-corrected chi connectivity index (χ1v) is 9.11. The highest BCUT2D eigenvalue weighted by atomic mass is 16.5. The number of rotatable bonds is 4. The molecule has 1 aromatic heterocycles. The Morgan fingerprint density at radius 1 is 1.30 bits per heavy atom. The van der Waals surface area contributed by atoms with Crippen molar-refractivity contribution in [3.8, 4) is 5.69 Å². The quantitative estimate of drug-likeness (QED) is 0.863. The molecule has 2 fully saturated rings. The molecular formula is C20H23N3O4. The van der Waals surface area contributed by atoms with Crippen LogP contribution < -0.4 is 5.32 Å². The number of nitrogens with zero attached hydrogens (tertiary/aromatic N) is 2. The fourth-order valence-electron chi connectivity index (χ4n) is 4.48. The maximum absolute atomic E-state index is 12.7. The zero-order valence-corrected chi connectivity index (χ0v) is 15.6. The SMILES string of the molecule is Cc1c(C(=O)O)cnn1-c1ccc(C(=O)N[C@@H]2[C@@H]3CCO[C@@H]3C2(C)C)cc1. The molecule has 7 nitrogen and oxygen atoms in total. The molecule has 7 heteroatoms. The van der Waals surface area contributed by atoms with Crippen LogP contribution in [-0.2, 0) is 4.74 Å². The van der Waals surface area contributed by atoms with Gasteiger partial charge >= 0.3 is 5.97 Å². The summed E-state index contributed by atoms with van der Waals surface area (Å²) in [4.78, 5) is 23.8. The van der Waals surface area contributed by atoms with Gasteiger partial charge in [0.2, 0.25) is 0 Å². The third-order valence-corrected chi connectivity index (χ3v) is 6.00. The van der Waals surface area contributed by atoms with E-state index in [2.05, 4.69) is 24.3 Å². The molecule has 1 aliphatic heterocycles. The number of fused-ring (bicyclic) bond motifs is 1. The number of carboxylic acid groups (broad SMARTS) is 1. The van der Waals surface area contributed by atoms with Gasteiger partial charge in [-0.05, 0) is 37.6 Å². The summed E-state index contributed by atoms with van der Waals surface area (Å²) in [7, 11) is 0. The maximum atomic E-state index is 12.7. The molecule has 0 unspecified atom stereocenters. The number of hydrogen-bond donors (Lipinski definition) is 2. The van der Waals surface area contributed by atoms with Crippen molar-refractivity contribution in [3.05, 3.63) is 47.3 Å². The van der Waals surface area contributed by atoms with Crippen molar-refractivity contribution < 1.29 is 19.4 Å². The van der Waals surface area contributed by atoms with E-state index >= 15 is 0 Å². The molecule has 1 saturated heterocycles. The molecule has 0 radical (unpaired) electrons. The summed E-state index contributed by atoms with van der Waals surface area (Å²) in [6.07, 6.45) is 2.55. The van der Waals surface area contributed by atoms with Gasteiger partial charge in [-0.3, -0.25) is 4.79 Å². The molecule has 1 aliphatic carbocycles. The van der Waals surface area contributed by atoms with Crippen molar-refractivity contribution in [3.63, 3.8) is 0 Å². The summed E-state index contributed by atoms with van der Waals surface area (Å²) in [5.41, 5.74) is 1.93. The minimum Gasteiger partial charge on any atom is -0.478 e. The molecule has 2 N–H and O–H groups in total. The predicted octanol–water partition coefficient (Wildman–Crippen LogP) is 2.42. The number of hydrogen-bond acceptors (Lipinski definition) is 4. The molecule has 27 heavy (non-hydrogen) atoms. The zero-order chi connectivity index (χ0) is 19.3. The second kappa shape index (κ2) is 6.20. The highest BCUT2D eigenvalue weighted by Gasteiger charge is 2.59. The van der Waals surface area contributed by atoms with E-state index in [4.69, 9.17) is 9.84 Å². The fourth-order valence-corrected chi connectivity index (χ4v) is 4.48. The molecule has 4 rings (SSSR count). The molecule has 1 aromatic carbocycles. The maximum Gasteiger partial charge on any atom is 0.339 e. The van der Waals surface area contributed by atoms with Crippen LogP contribution in [-0.4, -0.2) is 45.5 Å². The lowest BCUT2D eigenvalue weighted by molar-refractivity contribution is -0.108. The van der Waals surface area contributed by atoms with Gasteiger partial charge < -0.3 is 15.2 Å². The van der Waals surface area contributed by atoms with Gasteiger partial charge in [0.05, 0.1) is 23.7 Å². The Bertz CT molecular complexity index is 900. The molecule has 2 heterocycles. The van der Waals surface area contributed by atoms with Gasteiger partial charge in [-0.1, -0.05) is 13.8 Å². The number of amides is 1. The topological polar surface area (TPSA) is 93.5 Å². The van der Waals surface area contributed by atoms with E-state index < -0.39 is 5.97 Å². The Labute approximate surface area is 157 Å². The first kappa shape index (κ1) is 17.7. The van der Waals surface area contributed by atoms with Crippen molar-refractivity contribution in [2.24, 2.45) is 11.3 Å². The van der Waals surface area contributed by atoms with E-state index in [-0.39, 0.29) is 29.0 Å². The smallest absolute Gasteiger partial charge is 0.339 e. The Kier molecular flexibility index (Phi) is 4.07. The van der Waals surface area contributed by atoms with Gasteiger partial charge in [0.1, 0.15) is 5.56 Å². The molecule has 142 valence electrons. The van der Waals surface area contributed by atoms with E-state index in [9.17, 15) is 9.59 Å². The van der Waals surface area contributed by atoms with Gasteiger partial charge in [0.15, 0.2) is 0 Å². The third kappa shape index (κ3) is 2.73. The summed E-state index contributed by atoms with van der Waals surface area (Å²) in [5, 5.41) is 16.4. The van der Waals surface area contributed by atoms with Gasteiger partial charge in [-0.2, -0.15) is 5.10 Å².